The van der Waals surface area contributed by atoms with E-state index in [1.165, 1.54) is 51.4 Å². The molecule has 1 aliphatic rings. The summed E-state index contributed by atoms with van der Waals surface area (Å²) in [6.45, 7) is 4.11. The average molecular weight is 224 g/mol. The Morgan fingerprint density at radius 1 is 1.06 bits per heavy atom. The van der Waals surface area contributed by atoms with Gasteiger partial charge in [-0.05, 0) is 31.6 Å². The zero-order valence-electron chi connectivity index (χ0n) is 10.9. The SMILES string of the molecule is CCC=CCCCOCCC1CCCCC1. The minimum absolute atomic E-state index is 0.945. The summed E-state index contributed by atoms with van der Waals surface area (Å²) >= 11 is 0. The molecule has 1 fully saturated rings. The first-order valence-corrected chi connectivity index (χ1v) is 7.16. The van der Waals surface area contributed by atoms with Crippen LogP contribution in [0.5, 0.6) is 0 Å². The Morgan fingerprint density at radius 3 is 2.62 bits per heavy atom. The second-order valence-corrected chi connectivity index (χ2v) is 4.93. The first-order valence-electron chi connectivity index (χ1n) is 7.16. The van der Waals surface area contributed by atoms with Gasteiger partial charge < -0.3 is 4.74 Å². The lowest BCUT2D eigenvalue weighted by molar-refractivity contribution is 0.112. The van der Waals surface area contributed by atoms with Crippen molar-refractivity contribution >= 4 is 0 Å². The molecule has 0 spiro atoms. The van der Waals surface area contributed by atoms with Crippen molar-refractivity contribution in [3.63, 3.8) is 0 Å². The lowest BCUT2D eigenvalue weighted by Gasteiger charge is -2.21. The molecule has 0 unspecified atom stereocenters. The van der Waals surface area contributed by atoms with E-state index in [0.717, 1.165) is 25.6 Å². The Balaban J connectivity index is 1.82. The quantitative estimate of drug-likeness (QED) is 0.428. The van der Waals surface area contributed by atoms with E-state index >= 15 is 0 Å². The van der Waals surface area contributed by atoms with Gasteiger partial charge in [0.05, 0.1) is 0 Å². The smallest absolute Gasteiger partial charge is 0.0468 e. The summed E-state index contributed by atoms with van der Waals surface area (Å²) in [5, 5.41) is 0. The van der Waals surface area contributed by atoms with Crippen molar-refractivity contribution in [1.29, 1.82) is 0 Å². The van der Waals surface area contributed by atoms with Crippen LogP contribution in [-0.2, 0) is 4.74 Å². The van der Waals surface area contributed by atoms with Crippen LogP contribution >= 0.6 is 0 Å². The number of rotatable bonds is 8. The topological polar surface area (TPSA) is 9.23 Å². The van der Waals surface area contributed by atoms with E-state index in [1.807, 2.05) is 0 Å². The van der Waals surface area contributed by atoms with Gasteiger partial charge in [0.2, 0.25) is 0 Å². The zero-order chi connectivity index (χ0) is 11.5. The minimum atomic E-state index is 0.945. The van der Waals surface area contributed by atoms with Crippen molar-refractivity contribution in [2.75, 3.05) is 13.2 Å². The maximum atomic E-state index is 5.68. The molecule has 0 aliphatic heterocycles. The summed E-state index contributed by atoms with van der Waals surface area (Å²) in [7, 11) is 0. The van der Waals surface area contributed by atoms with Crippen LogP contribution < -0.4 is 0 Å². The number of unbranched alkanes of at least 4 members (excludes halogenated alkanes) is 1. The predicted octanol–water partition coefficient (Wildman–Crippen LogP) is 4.72. The van der Waals surface area contributed by atoms with Crippen molar-refractivity contribution < 1.29 is 4.74 Å². The molecule has 16 heavy (non-hydrogen) atoms. The standard InChI is InChI=1S/C15H28O/c1-2-3-4-5-9-13-16-14-12-15-10-7-6-8-11-15/h3-4,15H,2,5-14H2,1H3. The lowest BCUT2D eigenvalue weighted by atomic mass is 9.87. The van der Waals surface area contributed by atoms with E-state index in [9.17, 15) is 0 Å². The second-order valence-electron chi connectivity index (χ2n) is 4.93. The van der Waals surface area contributed by atoms with E-state index < -0.39 is 0 Å². The van der Waals surface area contributed by atoms with Crippen LogP contribution in [0.4, 0.5) is 0 Å². The second kappa shape index (κ2) is 9.89. The van der Waals surface area contributed by atoms with Gasteiger partial charge in [-0.1, -0.05) is 51.2 Å². The summed E-state index contributed by atoms with van der Waals surface area (Å²) in [6, 6.07) is 0. The molecule has 0 aromatic rings. The Morgan fingerprint density at radius 2 is 1.88 bits per heavy atom. The molecule has 1 heteroatoms. The molecule has 0 radical (unpaired) electrons. The number of allylic oxidation sites excluding steroid dienone is 2. The van der Waals surface area contributed by atoms with Gasteiger partial charge in [-0.25, -0.2) is 0 Å². The number of ether oxygens (including phenoxy) is 1. The predicted molar refractivity (Wildman–Crippen MR) is 70.7 cm³/mol. The summed E-state index contributed by atoms with van der Waals surface area (Å²) in [4.78, 5) is 0. The fourth-order valence-corrected chi connectivity index (χ4v) is 2.42. The maximum Gasteiger partial charge on any atom is 0.0468 e. The Bertz CT molecular complexity index is 168. The van der Waals surface area contributed by atoms with Crippen LogP contribution in [0.1, 0.15) is 64.7 Å². The van der Waals surface area contributed by atoms with Crippen molar-refractivity contribution in [1.82, 2.24) is 0 Å². The van der Waals surface area contributed by atoms with Gasteiger partial charge >= 0.3 is 0 Å². The number of hydrogen-bond acceptors (Lipinski definition) is 1. The highest BCUT2D eigenvalue weighted by molar-refractivity contribution is 4.79. The molecule has 0 amide bonds. The van der Waals surface area contributed by atoms with Gasteiger partial charge in [-0.3, -0.25) is 0 Å². The summed E-state index contributed by atoms with van der Waals surface area (Å²) in [5.74, 6) is 0.966. The molecular formula is C15H28O. The van der Waals surface area contributed by atoms with E-state index in [-0.39, 0.29) is 0 Å². The molecular weight excluding hydrogens is 196 g/mol. The zero-order valence-corrected chi connectivity index (χ0v) is 10.9. The molecule has 0 N–H and O–H groups in total. The highest BCUT2D eigenvalue weighted by atomic mass is 16.5. The van der Waals surface area contributed by atoms with Crippen LogP contribution in [0.3, 0.4) is 0 Å². The van der Waals surface area contributed by atoms with Crippen LogP contribution in [0.2, 0.25) is 0 Å². The van der Waals surface area contributed by atoms with Crippen LogP contribution in [0.25, 0.3) is 0 Å². The first-order chi connectivity index (χ1) is 7.93. The van der Waals surface area contributed by atoms with Gasteiger partial charge in [-0.15, -0.1) is 0 Å². The third-order valence-electron chi connectivity index (χ3n) is 3.46. The van der Waals surface area contributed by atoms with Crippen molar-refractivity contribution in [3.8, 4) is 0 Å². The molecule has 0 aromatic carbocycles. The molecule has 0 saturated heterocycles. The molecule has 94 valence electrons. The Hall–Kier alpha value is -0.300. The highest BCUT2D eigenvalue weighted by Crippen LogP contribution is 2.25. The lowest BCUT2D eigenvalue weighted by Crippen LogP contribution is -2.09. The summed E-state index contributed by atoms with van der Waals surface area (Å²) in [5.41, 5.74) is 0. The molecule has 0 bridgehead atoms. The fraction of sp³-hybridized carbons (Fsp3) is 0.867. The van der Waals surface area contributed by atoms with Gasteiger partial charge in [0.1, 0.15) is 0 Å². The van der Waals surface area contributed by atoms with Gasteiger partial charge in [0, 0.05) is 13.2 Å². The molecule has 0 heterocycles. The average Bonchev–Trinajstić information content (AvgIpc) is 2.34. The fourth-order valence-electron chi connectivity index (χ4n) is 2.42. The van der Waals surface area contributed by atoms with Crippen LogP contribution in [0.15, 0.2) is 12.2 Å². The van der Waals surface area contributed by atoms with Gasteiger partial charge in [0.25, 0.3) is 0 Å². The summed E-state index contributed by atoms with van der Waals surface area (Å²) < 4.78 is 5.68. The molecule has 1 saturated carbocycles. The van der Waals surface area contributed by atoms with E-state index in [0.29, 0.717) is 0 Å². The third-order valence-corrected chi connectivity index (χ3v) is 3.46. The van der Waals surface area contributed by atoms with Crippen LogP contribution in [0, 0.1) is 5.92 Å². The Labute approximate surface area is 101 Å². The molecule has 0 atom stereocenters. The highest BCUT2D eigenvalue weighted by Gasteiger charge is 2.12. The van der Waals surface area contributed by atoms with Gasteiger partial charge in [0.15, 0.2) is 0 Å². The maximum absolute atomic E-state index is 5.68. The normalized spacial score (nSPS) is 18.3. The van der Waals surface area contributed by atoms with E-state index in [1.54, 1.807) is 0 Å². The van der Waals surface area contributed by atoms with Crippen molar-refractivity contribution in [3.05, 3.63) is 12.2 Å². The monoisotopic (exact) mass is 224 g/mol. The molecule has 0 aromatic heterocycles. The Kier molecular flexibility index (Phi) is 8.51. The van der Waals surface area contributed by atoms with Gasteiger partial charge in [-0.2, -0.15) is 0 Å². The van der Waals surface area contributed by atoms with Crippen LogP contribution in [-0.4, -0.2) is 13.2 Å². The molecule has 1 aliphatic carbocycles. The number of hydrogen-bond donors (Lipinski definition) is 0. The van der Waals surface area contributed by atoms with E-state index in [2.05, 4.69) is 19.1 Å². The largest absolute Gasteiger partial charge is 0.381 e. The molecule has 1 nitrogen and oxygen atoms in total. The minimum Gasteiger partial charge on any atom is -0.381 e. The first kappa shape index (κ1) is 13.8. The van der Waals surface area contributed by atoms with Crippen molar-refractivity contribution in [2.24, 2.45) is 5.92 Å². The molecule has 1 rings (SSSR count). The van der Waals surface area contributed by atoms with Crippen molar-refractivity contribution in [2.45, 2.75) is 64.7 Å². The third kappa shape index (κ3) is 7.05. The summed E-state index contributed by atoms with van der Waals surface area (Å²) in [6.07, 6.45) is 16.6. The van der Waals surface area contributed by atoms with E-state index in [4.69, 9.17) is 4.74 Å².